The van der Waals surface area contributed by atoms with Crippen LogP contribution < -0.4 is 9.64 Å². The van der Waals surface area contributed by atoms with Crippen LogP contribution >= 0.6 is 0 Å². The lowest BCUT2D eigenvalue weighted by atomic mass is 10.1. The molecule has 4 nitrogen and oxygen atoms in total. The van der Waals surface area contributed by atoms with Gasteiger partial charge in [-0.1, -0.05) is 6.07 Å². The number of benzene rings is 1. The van der Waals surface area contributed by atoms with E-state index in [1.807, 2.05) is 45.0 Å². The minimum atomic E-state index is -0.362. The van der Waals surface area contributed by atoms with Crippen LogP contribution in [0.25, 0.3) is 0 Å². The van der Waals surface area contributed by atoms with Gasteiger partial charge in [-0.2, -0.15) is 0 Å². The minimum Gasteiger partial charge on any atom is -0.497 e. The van der Waals surface area contributed by atoms with Crippen LogP contribution in [0.1, 0.15) is 27.7 Å². The normalized spacial score (nSPS) is 10.9. The largest absolute Gasteiger partial charge is 0.497 e. The molecular weight excluding hydrogens is 230 g/mol. The first-order valence-corrected chi connectivity index (χ1v) is 6.01. The molecule has 0 atom stereocenters. The second kappa shape index (κ2) is 5.76. The molecule has 1 amide bonds. The zero-order valence-electron chi connectivity index (χ0n) is 11.7. The van der Waals surface area contributed by atoms with Crippen molar-refractivity contribution in [2.24, 2.45) is 0 Å². The molecule has 0 heterocycles. The van der Waals surface area contributed by atoms with Crippen LogP contribution in [0.2, 0.25) is 0 Å². The quantitative estimate of drug-likeness (QED) is 0.825. The number of rotatable bonds is 3. The summed E-state index contributed by atoms with van der Waals surface area (Å²) in [6.45, 7) is 8.04. The molecule has 0 saturated heterocycles. The Hall–Kier alpha value is -1.71. The van der Waals surface area contributed by atoms with Gasteiger partial charge in [0.2, 0.25) is 0 Å². The first-order valence-electron chi connectivity index (χ1n) is 6.01. The van der Waals surface area contributed by atoms with E-state index in [9.17, 15) is 4.79 Å². The number of hydrogen-bond acceptors (Lipinski definition) is 3. The fraction of sp³-hybridized carbons (Fsp3) is 0.500. The van der Waals surface area contributed by atoms with Crippen LogP contribution in [0, 0.1) is 0 Å². The Morgan fingerprint density at radius 3 is 2.50 bits per heavy atom. The Labute approximate surface area is 108 Å². The second-order valence-electron chi connectivity index (χ2n) is 4.91. The van der Waals surface area contributed by atoms with Crippen LogP contribution in [-0.4, -0.2) is 25.3 Å². The molecule has 0 aliphatic rings. The number of nitrogens with zero attached hydrogens (tertiary/aromatic N) is 1. The van der Waals surface area contributed by atoms with Crippen molar-refractivity contribution < 1.29 is 14.3 Å². The third kappa shape index (κ3) is 3.39. The van der Waals surface area contributed by atoms with E-state index in [-0.39, 0.29) is 11.6 Å². The van der Waals surface area contributed by atoms with Crippen molar-refractivity contribution in [2.45, 2.75) is 33.2 Å². The Bertz CT molecular complexity index is 410. The monoisotopic (exact) mass is 251 g/mol. The molecule has 0 fully saturated rings. The molecular formula is C14H21NO3. The molecule has 100 valence electrons. The average Bonchev–Trinajstić information content (AvgIpc) is 2.28. The first-order chi connectivity index (χ1) is 8.40. The summed E-state index contributed by atoms with van der Waals surface area (Å²) in [6.07, 6.45) is -0.349. The van der Waals surface area contributed by atoms with Crippen LogP contribution in [0.5, 0.6) is 5.75 Å². The molecule has 1 aromatic rings. The van der Waals surface area contributed by atoms with Gasteiger partial charge < -0.3 is 9.47 Å². The average molecular weight is 251 g/mol. The molecule has 0 aliphatic carbocycles. The van der Waals surface area contributed by atoms with E-state index in [2.05, 4.69) is 0 Å². The maximum Gasteiger partial charge on any atom is 0.414 e. The van der Waals surface area contributed by atoms with E-state index in [4.69, 9.17) is 9.47 Å². The van der Waals surface area contributed by atoms with Gasteiger partial charge in [-0.15, -0.1) is 0 Å². The molecule has 0 unspecified atom stereocenters. The number of methoxy groups -OCH3 is 1. The fourth-order valence-corrected chi connectivity index (χ4v) is 1.70. The highest BCUT2D eigenvalue weighted by Gasteiger charge is 2.29. The Kier molecular flexibility index (Phi) is 4.59. The number of carbonyl (C=O) groups excluding carboxylic acids is 1. The molecule has 0 bridgehead atoms. The molecule has 0 aliphatic heterocycles. The number of hydrogen-bond donors (Lipinski definition) is 0. The molecule has 0 spiro atoms. The SMILES string of the molecule is CCOC(=O)N(c1cccc(OC)c1)C(C)(C)C. The van der Waals surface area contributed by atoms with Gasteiger partial charge in [-0.3, -0.25) is 4.90 Å². The van der Waals surface area contributed by atoms with Crippen LogP contribution in [0.4, 0.5) is 10.5 Å². The highest BCUT2D eigenvalue weighted by atomic mass is 16.6. The lowest BCUT2D eigenvalue weighted by Crippen LogP contribution is -2.46. The van der Waals surface area contributed by atoms with Crippen molar-refractivity contribution in [1.29, 1.82) is 0 Å². The van der Waals surface area contributed by atoms with Crippen molar-refractivity contribution in [3.63, 3.8) is 0 Å². The molecule has 0 N–H and O–H groups in total. The first kappa shape index (κ1) is 14.4. The van der Waals surface area contributed by atoms with E-state index < -0.39 is 0 Å². The Balaban J connectivity index is 3.13. The molecule has 0 saturated carbocycles. The molecule has 1 aromatic carbocycles. The van der Waals surface area contributed by atoms with Gasteiger partial charge in [0, 0.05) is 11.6 Å². The summed E-state index contributed by atoms with van der Waals surface area (Å²) in [4.78, 5) is 13.7. The van der Waals surface area contributed by atoms with E-state index in [1.165, 1.54) is 0 Å². The van der Waals surface area contributed by atoms with Gasteiger partial charge in [-0.05, 0) is 39.8 Å². The highest BCUT2D eigenvalue weighted by molar-refractivity contribution is 5.89. The van der Waals surface area contributed by atoms with Gasteiger partial charge in [0.1, 0.15) is 5.75 Å². The van der Waals surface area contributed by atoms with E-state index in [1.54, 1.807) is 18.9 Å². The van der Waals surface area contributed by atoms with Crippen molar-refractivity contribution in [3.8, 4) is 5.75 Å². The molecule has 1 rings (SSSR count). The maximum atomic E-state index is 12.1. The summed E-state index contributed by atoms with van der Waals surface area (Å²) in [5.41, 5.74) is 0.402. The van der Waals surface area contributed by atoms with Crippen molar-refractivity contribution in [1.82, 2.24) is 0 Å². The van der Waals surface area contributed by atoms with Crippen molar-refractivity contribution in [2.75, 3.05) is 18.6 Å². The van der Waals surface area contributed by atoms with E-state index in [0.29, 0.717) is 12.4 Å². The third-order valence-corrected chi connectivity index (χ3v) is 2.43. The molecule has 18 heavy (non-hydrogen) atoms. The van der Waals surface area contributed by atoms with Crippen molar-refractivity contribution >= 4 is 11.8 Å². The Morgan fingerprint density at radius 1 is 1.33 bits per heavy atom. The smallest absolute Gasteiger partial charge is 0.414 e. The third-order valence-electron chi connectivity index (χ3n) is 2.43. The maximum absolute atomic E-state index is 12.1. The predicted molar refractivity (Wildman–Crippen MR) is 72.2 cm³/mol. The Morgan fingerprint density at radius 2 is 2.00 bits per heavy atom. The van der Waals surface area contributed by atoms with Crippen LogP contribution in [0.15, 0.2) is 24.3 Å². The molecule has 0 radical (unpaired) electrons. The number of carbonyl (C=O) groups is 1. The summed E-state index contributed by atoms with van der Waals surface area (Å²) >= 11 is 0. The molecule has 4 heteroatoms. The number of anilines is 1. The summed E-state index contributed by atoms with van der Waals surface area (Å²) in [5.74, 6) is 0.714. The lowest BCUT2D eigenvalue weighted by Gasteiger charge is -2.34. The highest BCUT2D eigenvalue weighted by Crippen LogP contribution is 2.27. The summed E-state index contributed by atoms with van der Waals surface area (Å²) in [7, 11) is 1.60. The summed E-state index contributed by atoms with van der Waals surface area (Å²) in [6, 6.07) is 7.38. The number of ether oxygens (including phenoxy) is 2. The summed E-state index contributed by atoms with van der Waals surface area (Å²) in [5, 5.41) is 0. The van der Waals surface area contributed by atoms with Gasteiger partial charge in [0.25, 0.3) is 0 Å². The van der Waals surface area contributed by atoms with Gasteiger partial charge in [-0.25, -0.2) is 4.79 Å². The van der Waals surface area contributed by atoms with Crippen molar-refractivity contribution in [3.05, 3.63) is 24.3 Å². The van der Waals surface area contributed by atoms with E-state index >= 15 is 0 Å². The van der Waals surface area contributed by atoms with Gasteiger partial charge in [0.15, 0.2) is 0 Å². The topological polar surface area (TPSA) is 38.8 Å². The lowest BCUT2D eigenvalue weighted by molar-refractivity contribution is 0.154. The van der Waals surface area contributed by atoms with E-state index in [0.717, 1.165) is 5.69 Å². The van der Waals surface area contributed by atoms with Crippen LogP contribution in [-0.2, 0) is 4.74 Å². The second-order valence-corrected chi connectivity index (χ2v) is 4.91. The minimum absolute atomic E-state index is 0.349. The van der Waals surface area contributed by atoms with Gasteiger partial charge >= 0.3 is 6.09 Å². The van der Waals surface area contributed by atoms with Gasteiger partial charge in [0.05, 0.1) is 19.4 Å². The zero-order chi connectivity index (χ0) is 13.8. The standard InChI is InChI=1S/C14H21NO3/c1-6-18-13(16)15(14(2,3)4)11-8-7-9-12(10-11)17-5/h7-10H,6H2,1-5H3. The summed E-state index contributed by atoms with van der Waals surface area (Å²) < 4.78 is 10.3. The number of amides is 1. The predicted octanol–water partition coefficient (Wildman–Crippen LogP) is 3.46. The molecule has 0 aromatic heterocycles. The zero-order valence-corrected chi connectivity index (χ0v) is 11.7. The fourth-order valence-electron chi connectivity index (χ4n) is 1.70. The van der Waals surface area contributed by atoms with Crippen LogP contribution in [0.3, 0.4) is 0 Å².